The molecule has 9 nitrogen and oxygen atoms in total. The van der Waals surface area contributed by atoms with Gasteiger partial charge in [-0.15, -0.1) is 0 Å². The molecule has 0 unspecified atom stereocenters. The maximum absolute atomic E-state index is 14.0. The van der Waals surface area contributed by atoms with Crippen LogP contribution >= 0.6 is 0 Å². The summed E-state index contributed by atoms with van der Waals surface area (Å²) in [6, 6.07) is 9.46. The van der Waals surface area contributed by atoms with Crippen LogP contribution < -0.4 is 15.2 Å². The van der Waals surface area contributed by atoms with E-state index in [0.29, 0.717) is 39.7 Å². The summed E-state index contributed by atoms with van der Waals surface area (Å²) in [5.41, 5.74) is 8.96. The molecule has 3 heterocycles. The van der Waals surface area contributed by atoms with Gasteiger partial charge in [0.25, 0.3) is 0 Å². The van der Waals surface area contributed by atoms with Crippen molar-refractivity contribution < 1.29 is 19.0 Å². The number of methoxy groups -OCH3 is 1. The largest absolute Gasteiger partial charge is 0.482 e. The number of aliphatic hydroxyl groups excluding tert-OH is 1. The summed E-state index contributed by atoms with van der Waals surface area (Å²) in [5.74, 6) is 0.409. The second kappa shape index (κ2) is 8.98. The van der Waals surface area contributed by atoms with E-state index in [0.717, 1.165) is 0 Å². The Bertz CT molecular complexity index is 1230. The molecule has 0 saturated carbocycles. The van der Waals surface area contributed by atoms with Crippen molar-refractivity contribution in [1.82, 2.24) is 25.0 Å². The third-order valence-electron chi connectivity index (χ3n) is 4.83. The number of benzene rings is 1. The normalized spacial score (nSPS) is 11.9. The van der Waals surface area contributed by atoms with Crippen molar-refractivity contribution in [1.29, 1.82) is 0 Å². The molecule has 3 aromatic heterocycles. The first kappa shape index (κ1) is 21.2. The van der Waals surface area contributed by atoms with Crippen molar-refractivity contribution in [2.45, 2.75) is 19.6 Å². The zero-order valence-electron chi connectivity index (χ0n) is 17.4. The van der Waals surface area contributed by atoms with Gasteiger partial charge in [0.2, 0.25) is 5.88 Å². The lowest BCUT2D eigenvalue weighted by Gasteiger charge is -2.19. The minimum Gasteiger partial charge on any atom is -0.482 e. The van der Waals surface area contributed by atoms with E-state index in [4.69, 9.17) is 15.2 Å². The Hall–Kier alpha value is -4.05. The van der Waals surface area contributed by atoms with E-state index in [-0.39, 0.29) is 12.4 Å². The van der Waals surface area contributed by atoms with Gasteiger partial charge in [-0.05, 0) is 43.3 Å². The summed E-state index contributed by atoms with van der Waals surface area (Å²) in [6.45, 7) is 1.57. The summed E-state index contributed by atoms with van der Waals surface area (Å²) < 4.78 is 25.5. The Labute approximate surface area is 183 Å². The second-order valence-corrected chi connectivity index (χ2v) is 6.91. The Morgan fingerprint density at radius 2 is 1.94 bits per heavy atom. The van der Waals surface area contributed by atoms with Crippen LogP contribution in [-0.4, -0.2) is 37.2 Å². The number of ether oxygens (including phenoxy) is 2. The van der Waals surface area contributed by atoms with Crippen LogP contribution in [0, 0.1) is 5.82 Å². The highest BCUT2D eigenvalue weighted by molar-refractivity contribution is 5.71. The number of aromatic nitrogens is 5. The zero-order chi connectivity index (χ0) is 22.7. The number of nitrogens with zero attached hydrogens (tertiary/aromatic N) is 5. The zero-order valence-corrected chi connectivity index (χ0v) is 17.4. The third kappa shape index (κ3) is 4.21. The van der Waals surface area contributed by atoms with Gasteiger partial charge in [0.05, 0.1) is 37.5 Å². The van der Waals surface area contributed by atoms with E-state index in [1.165, 1.54) is 36.4 Å². The molecule has 4 rings (SSSR count). The molecule has 0 aliphatic rings. The second-order valence-electron chi connectivity index (χ2n) is 6.91. The van der Waals surface area contributed by atoms with Gasteiger partial charge < -0.3 is 20.3 Å². The lowest BCUT2D eigenvalue weighted by Crippen LogP contribution is -2.11. The molecule has 1 atom stereocenters. The number of anilines is 1. The Kier molecular flexibility index (Phi) is 5.95. The van der Waals surface area contributed by atoms with Gasteiger partial charge in [-0.1, -0.05) is 0 Å². The molecule has 0 amide bonds. The monoisotopic (exact) mass is 436 g/mol. The molecule has 0 spiro atoms. The van der Waals surface area contributed by atoms with E-state index in [9.17, 15) is 9.50 Å². The quantitative estimate of drug-likeness (QED) is 0.453. The van der Waals surface area contributed by atoms with Gasteiger partial charge in [0.15, 0.2) is 11.6 Å². The van der Waals surface area contributed by atoms with Gasteiger partial charge in [-0.3, -0.25) is 0 Å². The molecule has 4 aromatic rings. The van der Waals surface area contributed by atoms with Crippen molar-refractivity contribution in [3.8, 4) is 28.4 Å². The van der Waals surface area contributed by atoms with Gasteiger partial charge in [-0.25, -0.2) is 14.4 Å². The highest BCUT2D eigenvalue weighted by Gasteiger charge is 2.19. The molecular weight excluding hydrogens is 415 g/mol. The summed E-state index contributed by atoms with van der Waals surface area (Å²) in [5, 5.41) is 17.6. The first-order valence-electron chi connectivity index (χ1n) is 9.73. The van der Waals surface area contributed by atoms with Gasteiger partial charge >= 0.3 is 0 Å². The predicted molar refractivity (Wildman–Crippen MR) is 115 cm³/mol. The fourth-order valence-electron chi connectivity index (χ4n) is 3.27. The maximum atomic E-state index is 14.0. The average molecular weight is 436 g/mol. The lowest BCUT2D eigenvalue weighted by atomic mass is 10.1. The number of hydrogen-bond donors (Lipinski definition) is 2. The molecule has 0 saturated heterocycles. The molecule has 0 fully saturated rings. The van der Waals surface area contributed by atoms with Crippen LogP contribution in [0.3, 0.4) is 0 Å². The summed E-state index contributed by atoms with van der Waals surface area (Å²) >= 11 is 0. The van der Waals surface area contributed by atoms with Crippen LogP contribution in [0.4, 0.5) is 10.2 Å². The van der Waals surface area contributed by atoms with E-state index >= 15 is 0 Å². The van der Waals surface area contributed by atoms with Crippen LogP contribution in [0.5, 0.6) is 11.6 Å². The van der Waals surface area contributed by atoms with Crippen LogP contribution in [-0.2, 0) is 6.61 Å². The van der Waals surface area contributed by atoms with Gasteiger partial charge in [0, 0.05) is 22.9 Å². The highest BCUT2D eigenvalue weighted by atomic mass is 19.1. The van der Waals surface area contributed by atoms with Crippen molar-refractivity contribution in [3.05, 3.63) is 72.1 Å². The van der Waals surface area contributed by atoms with Crippen molar-refractivity contribution in [2.75, 3.05) is 12.8 Å². The molecule has 0 aliphatic heterocycles. The molecular formula is C22H21FN6O3. The Balaban J connectivity index is 1.69. The van der Waals surface area contributed by atoms with Crippen LogP contribution in [0.15, 0.2) is 55.0 Å². The van der Waals surface area contributed by atoms with Gasteiger partial charge in [0.1, 0.15) is 11.9 Å². The molecule has 1 aromatic carbocycles. The number of nitrogens with two attached hydrogens (primary N) is 1. The van der Waals surface area contributed by atoms with Crippen LogP contribution in [0.1, 0.15) is 24.3 Å². The predicted octanol–water partition coefficient (Wildman–Crippen LogP) is 3.09. The van der Waals surface area contributed by atoms with E-state index in [1.807, 2.05) is 0 Å². The number of halogens is 1. The van der Waals surface area contributed by atoms with E-state index in [2.05, 4.69) is 20.2 Å². The Morgan fingerprint density at radius 3 is 2.66 bits per heavy atom. The Morgan fingerprint density at radius 1 is 1.16 bits per heavy atom. The molecule has 0 bridgehead atoms. The number of hydrogen-bond acceptors (Lipinski definition) is 8. The third-order valence-corrected chi connectivity index (χ3v) is 4.83. The van der Waals surface area contributed by atoms with Crippen molar-refractivity contribution in [3.63, 3.8) is 0 Å². The van der Waals surface area contributed by atoms with Crippen LogP contribution in [0.2, 0.25) is 0 Å². The summed E-state index contributed by atoms with van der Waals surface area (Å²) in [4.78, 5) is 9.89. The molecule has 0 radical (unpaired) electrons. The lowest BCUT2D eigenvalue weighted by molar-refractivity contribution is 0.226. The van der Waals surface area contributed by atoms with E-state index < -0.39 is 11.9 Å². The number of aliphatic hydroxyl groups is 1. The summed E-state index contributed by atoms with van der Waals surface area (Å²) in [7, 11) is 1.49. The summed E-state index contributed by atoms with van der Waals surface area (Å²) in [6.07, 6.45) is 4.05. The van der Waals surface area contributed by atoms with E-state index in [1.54, 1.807) is 37.4 Å². The number of rotatable bonds is 7. The van der Waals surface area contributed by atoms with Crippen molar-refractivity contribution >= 4 is 5.82 Å². The van der Waals surface area contributed by atoms with Crippen molar-refractivity contribution in [2.24, 2.45) is 0 Å². The fraction of sp³-hybridized carbons (Fsp3) is 0.182. The minimum absolute atomic E-state index is 0.176. The first-order valence-corrected chi connectivity index (χ1v) is 9.73. The fourth-order valence-corrected chi connectivity index (χ4v) is 3.27. The van der Waals surface area contributed by atoms with Gasteiger partial charge in [-0.2, -0.15) is 15.0 Å². The topological polar surface area (TPSA) is 121 Å². The molecule has 3 N–H and O–H groups in total. The maximum Gasteiger partial charge on any atom is 0.221 e. The SMILES string of the molecule is COc1nc(CO)ccc1-c1cnc(N)c(O[C@H](C)c2cc(F)ccc2-n2nccn2)c1. The number of nitrogen functional groups attached to an aromatic ring is 1. The number of pyridine rings is 2. The standard InChI is InChI=1S/C22H21FN6O3/c1-13(18-10-15(23)3-6-19(18)29-26-7-8-27-29)32-20-9-14(11-25-21(20)24)17-5-4-16(12-30)28-22(17)31-2/h3-11,13,30H,12H2,1-2H3,(H2,24,25)/t13-/m1/s1. The minimum atomic E-state index is -0.595. The molecule has 0 aliphatic carbocycles. The smallest absolute Gasteiger partial charge is 0.221 e. The highest BCUT2D eigenvalue weighted by Crippen LogP contribution is 2.35. The average Bonchev–Trinajstić information content (AvgIpc) is 3.34. The molecule has 32 heavy (non-hydrogen) atoms. The first-order chi connectivity index (χ1) is 15.5. The molecule has 10 heteroatoms. The van der Waals surface area contributed by atoms with Crippen LogP contribution in [0.25, 0.3) is 16.8 Å². The molecule has 164 valence electrons.